The minimum atomic E-state index is -1.26. The third-order valence-electron chi connectivity index (χ3n) is 6.52. The van der Waals surface area contributed by atoms with Gasteiger partial charge in [-0.15, -0.1) is 0 Å². The molecule has 11 nitrogen and oxygen atoms in total. The van der Waals surface area contributed by atoms with Crippen molar-refractivity contribution in [3.8, 4) is 5.75 Å². The summed E-state index contributed by atoms with van der Waals surface area (Å²) in [5, 5.41) is 0.373. The number of hydrogen-bond acceptors (Lipinski definition) is 11. The molecule has 2 aliphatic rings. The third kappa shape index (κ3) is 8.55. The zero-order chi connectivity index (χ0) is 28.7. The number of ether oxygens (including phenoxy) is 7. The summed E-state index contributed by atoms with van der Waals surface area (Å²) in [4.78, 5) is 47.7. The molecule has 0 aromatic heterocycles. The summed E-state index contributed by atoms with van der Waals surface area (Å²) in [7, 11) is 1.69. The van der Waals surface area contributed by atoms with Crippen LogP contribution in [0.2, 0.25) is 5.02 Å². The monoisotopic (exact) mass is 570 g/mol. The van der Waals surface area contributed by atoms with Crippen molar-refractivity contribution in [3.05, 3.63) is 28.8 Å². The second kappa shape index (κ2) is 14.0. The summed E-state index contributed by atoms with van der Waals surface area (Å²) in [5.74, 6) is -2.26. The summed E-state index contributed by atoms with van der Waals surface area (Å²) >= 11 is 6.46. The van der Waals surface area contributed by atoms with Crippen molar-refractivity contribution in [2.75, 3.05) is 13.7 Å². The van der Waals surface area contributed by atoms with E-state index >= 15 is 0 Å². The number of hydrogen-bond donors (Lipinski definition) is 0. The van der Waals surface area contributed by atoms with E-state index in [9.17, 15) is 19.2 Å². The van der Waals surface area contributed by atoms with Crippen molar-refractivity contribution in [2.45, 2.75) is 96.1 Å². The van der Waals surface area contributed by atoms with Crippen LogP contribution in [-0.4, -0.2) is 74.2 Å². The Hall–Kier alpha value is -2.89. The highest BCUT2D eigenvalue weighted by Crippen LogP contribution is 2.40. The number of esters is 4. The SMILES string of the molecule is CO[C@H]1CC[C@H](Oc2cc([C@@H]3O[C@H](COC(C)=O)[C@@H](OC(C)=O)[C@H](OC(C)=O)[C@H]3OC(C)=O)ccc2Cl)CC1. The molecule has 216 valence electrons. The maximum Gasteiger partial charge on any atom is 0.303 e. The minimum Gasteiger partial charge on any atom is -0.489 e. The quantitative estimate of drug-likeness (QED) is 0.319. The Labute approximate surface area is 232 Å². The number of methoxy groups -OCH3 is 1. The van der Waals surface area contributed by atoms with E-state index in [1.54, 1.807) is 25.3 Å². The van der Waals surface area contributed by atoms with Crippen LogP contribution in [0.15, 0.2) is 18.2 Å². The molecule has 1 saturated carbocycles. The van der Waals surface area contributed by atoms with Gasteiger partial charge in [0.2, 0.25) is 0 Å². The summed E-state index contributed by atoms with van der Waals surface area (Å²) in [6, 6.07) is 4.96. The van der Waals surface area contributed by atoms with Gasteiger partial charge in [-0.25, -0.2) is 0 Å². The molecule has 39 heavy (non-hydrogen) atoms. The Balaban J connectivity index is 1.98. The fourth-order valence-electron chi connectivity index (χ4n) is 4.85. The fraction of sp³-hybridized carbons (Fsp3) is 0.630. The first-order valence-corrected chi connectivity index (χ1v) is 13.2. The lowest BCUT2D eigenvalue weighted by molar-refractivity contribution is -0.254. The molecule has 5 atom stereocenters. The highest BCUT2D eigenvalue weighted by molar-refractivity contribution is 6.32. The maximum atomic E-state index is 12.1. The van der Waals surface area contributed by atoms with Crippen molar-refractivity contribution in [1.82, 2.24) is 0 Å². The number of rotatable bonds is 9. The van der Waals surface area contributed by atoms with Gasteiger partial charge in [0.15, 0.2) is 18.3 Å². The standard InChI is InChI=1S/C27H35ClO11/c1-14(29)34-13-23-25(35-15(2)30)27(37-17(4)32)26(36-16(3)31)24(39-23)18-6-11-21(28)22(12-18)38-20-9-7-19(33-5)8-10-20/h6,11-12,19-20,23-27H,7-10,13H2,1-5H3/t19-,20-,23-,24+,25-,26+,27+/m1/s1. The first-order chi connectivity index (χ1) is 18.5. The van der Waals surface area contributed by atoms with Crippen molar-refractivity contribution < 1.29 is 52.3 Å². The number of carbonyl (C=O) groups is 4. The molecule has 2 fully saturated rings. The molecule has 12 heteroatoms. The molecule has 0 spiro atoms. The lowest BCUT2D eigenvalue weighted by Gasteiger charge is -2.44. The topological polar surface area (TPSA) is 133 Å². The molecule has 1 aliphatic carbocycles. The molecule has 1 heterocycles. The van der Waals surface area contributed by atoms with Crippen LogP contribution in [0.3, 0.4) is 0 Å². The highest BCUT2D eigenvalue weighted by Gasteiger charge is 2.52. The molecular weight excluding hydrogens is 536 g/mol. The Kier molecular flexibility index (Phi) is 11.0. The first-order valence-electron chi connectivity index (χ1n) is 12.8. The van der Waals surface area contributed by atoms with Gasteiger partial charge in [-0.05, 0) is 43.4 Å². The Morgan fingerprint density at radius 2 is 1.38 bits per heavy atom. The van der Waals surface area contributed by atoms with Gasteiger partial charge in [-0.2, -0.15) is 0 Å². The van der Waals surface area contributed by atoms with Gasteiger partial charge < -0.3 is 33.2 Å². The van der Waals surface area contributed by atoms with Crippen LogP contribution in [-0.2, 0) is 47.6 Å². The number of halogens is 1. The molecule has 1 aromatic rings. The predicted octanol–water partition coefficient (Wildman–Crippen LogP) is 3.47. The molecule has 0 radical (unpaired) electrons. The number of benzene rings is 1. The van der Waals surface area contributed by atoms with Gasteiger partial charge in [0, 0.05) is 34.8 Å². The van der Waals surface area contributed by atoms with Crippen molar-refractivity contribution in [1.29, 1.82) is 0 Å². The second-order valence-electron chi connectivity index (χ2n) is 9.56. The van der Waals surface area contributed by atoms with E-state index in [1.165, 1.54) is 27.7 Å². The minimum absolute atomic E-state index is 0.0699. The van der Waals surface area contributed by atoms with Gasteiger partial charge in [-0.1, -0.05) is 17.7 Å². The normalized spacial score (nSPS) is 28.6. The maximum absolute atomic E-state index is 12.1. The van der Waals surface area contributed by atoms with E-state index < -0.39 is 54.4 Å². The zero-order valence-electron chi connectivity index (χ0n) is 22.7. The molecule has 1 aliphatic heterocycles. The predicted molar refractivity (Wildman–Crippen MR) is 136 cm³/mol. The molecular formula is C27H35ClO11. The van der Waals surface area contributed by atoms with Gasteiger partial charge >= 0.3 is 23.9 Å². The average molecular weight is 571 g/mol. The van der Waals surface area contributed by atoms with Gasteiger partial charge in [0.05, 0.1) is 17.2 Å². The molecule has 1 saturated heterocycles. The molecule has 1 aromatic carbocycles. The third-order valence-corrected chi connectivity index (χ3v) is 6.84. The summed E-state index contributed by atoms with van der Waals surface area (Å²) in [6.07, 6.45) is -2.35. The molecule has 0 bridgehead atoms. The highest BCUT2D eigenvalue weighted by atomic mass is 35.5. The average Bonchev–Trinajstić information content (AvgIpc) is 2.86. The van der Waals surface area contributed by atoms with Crippen LogP contribution in [0.25, 0.3) is 0 Å². The van der Waals surface area contributed by atoms with Gasteiger partial charge in [0.1, 0.15) is 24.6 Å². The van der Waals surface area contributed by atoms with Crippen molar-refractivity contribution in [3.63, 3.8) is 0 Å². The second-order valence-corrected chi connectivity index (χ2v) is 9.97. The Morgan fingerprint density at radius 1 is 0.821 bits per heavy atom. The zero-order valence-corrected chi connectivity index (χ0v) is 23.4. The summed E-state index contributed by atoms with van der Waals surface area (Å²) in [6.45, 7) is 4.45. The van der Waals surface area contributed by atoms with Crippen LogP contribution in [0.1, 0.15) is 65.0 Å². The lowest BCUT2D eigenvalue weighted by Crippen LogP contribution is -2.59. The molecule has 3 rings (SSSR count). The van der Waals surface area contributed by atoms with E-state index in [0.717, 1.165) is 25.7 Å². The van der Waals surface area contributed by atoms with Crippen LogP contribution in [0.4, 0.5) is 0 Å². The fourth-order valence-corrected chi connectivity index (χ4v) is 5.01. The lowest BCUT2D eigenvalue weighted by atomic mass is 9.90. The Bertz CT molecular complexity index is 1040. The van der Waals surface area contributed by atoms with E-state index in [1.807, 2.05) is 0 Å². The van der Waals surface area contributed by atoms with Crippen molar-refractivity contribution in [2.24, 2.45) is 0 Å². The van der Waals surface area contributed by atoms with Crippen LogP contribution in [0.5, 0.6) is 5.75 Å². The van der Waals surface area contributed by atoms with E-state index in [0.29, 0.717) is 16.3 Å². The van der Waals surface area contributed by atoms with Crippen molar-refractivity contribution >= 4 is 35.5 Å². The van der Waals surface area contributed by atoms with E-state index in [-0.39, 0.29) is 18.8 Å². The van der Waals surface area contributed by atoms with Crippen LogP contribution < -0.4 is 4.74 Å². The molecule has 0 N–H and O–H groups in total. The van der Waals surface area contributed by atoms with E-state index in [2.05, 4.69) is 0 Å². The van der Waals surface area contributed by atoms with Gasteiger partial charge in [-0.3, -0.25) is 19.2 Å². The van der Waals surface area contributed by atoms with Gasteiger partial charge in [0.25, 0.3) is 0 Å². The Morgan fingerprint density at radius 3 is 1.95 bits per heavy atom. The van der Waals surface area contributed by atoms with Crippen LogP contribution in [0, 0.1) is 0 Å². The number of carbonyl (C=O) groups excluding carboxylic acids is 4. The summed E-state index contributed by atoms with van der Waals surface area (Å²) in [5.41, 5.74) is 0.498. The van der Waals surface area contributed by atoms with Crippen LogP contribution >= 0.6 is 11.6 Å². The first kappa shape index (κ1) is 30.6. The molecule has 0 amide bonds. The van der Waals surface area contributed by atoms with E-state index in [4.69, 9.17) is 44.8 Å². The summed E-state index contributed by atoms with van der Waals surface area (Å²) < 4.78 is 39.6. The largest absolute Gasteiger partial charge is 0.489 e. The molecule has 0 unspecified atom stereocenters. The smallest absolute Gasteiger partial charge is 0.303 e.